The van der Waals surface area contributed by atoms with Crippen LogP contribution in [0.25, 0.3) is 0 Å². The van der Waals surface area contributed by atoms with E-state index in [9.17, 15) is 4.79 Å². The summed E-state index contributed by atoms with van der Waals surface area (Å²) in [7, 11) is 0. The lowest BCUT2D eigenvalue weighted by molar-refractivity contribution is -0.0281. The maximum Gasteiger partial charge on any atom is 0.274 e. The van der Waals surface area contributed by atoms with Gasteiger partial charge in [0.1, 0.15) is 0 Å². The predicted octanol–water partition coefficient (Wildman–Crippen LogP) is 4.57. The molecule has 3 N–H and O–H groups in total. The third kappa shape index (κ3) is 6.05. The third-order valence-corrected chi connectivity index (χ3v) is 5.29. The molecule has 0 bridgehead atoms. The Bertz CT molecular complexity index is 801. The molecule has 3 rings (SSSR count). The van der Waals surface area contributed by atoms with Crippen LogP contribution in [-0.4, -0.2) is 30.0 Å². The average Bonchev–Trinajstić information content (AvgIpc) is 2.88. The Morgan fingerprint density at radius 1 is 1.14 bits per heavy atom. The van der Waals surface area contributed by atoms with Crippen molar-refractivity contribution in [3.05, 3.63) is 65.7 Å². The first-order valence-electron chi connectivity index (χ1n) is 10.4. The lowest BCUT2D eigenvalue weighted by atomic mass is 9.92. The van der Waals surface area contributed by atoms with Crippen molar-refractivity contribution >= 4 is 11.6 Å². The summed E-state index contributed by atoms with van der Waals surface area (Å²) in [5.74, 6) is -0.211. The fraction of sp³-hybridized carbons (Fsp3) is 0.458. The molecule has 5 heteroatoms. The summed E-state index contributed by atoms with van der Waals surface area (Å²) in [6.07, 6.45) is 2.65. The zero-order chi connectivity index (χ0) is 20.9. The number of hydroxylamine groups is 1. The van der Waals surface area contributed by atoms with Crippen molar-refractivity contribution in [3.63, 3.8) is 0 Å². The van der Waals surface area contributed by atoms with Crippen molar-refractivity contribution in [2.45, 2.75) is 52.2 Å². The maximum absolute atomic E-state index is 12.4. The number of likely N-dealkylation sites (tertiary alicyclic amines) is 1. The van der Waals surface area contributed by atoms with Gasteiger partial charge in [0, 0.05) is 23.8 Å². The largest absolute Gasteiger partial charge is 0.398 e. The number of nitrogens with two attached hydrogens (primary N) is 1. The Kier molecular flexibility index (Phi) is 6.93. The lowest BCUT2D eigenvalue weighted by Gasteiger charge is -2.36. The van der Waals surface area contributed by atoms with Gasteiger partial charge in [-0.05, 0) is 55.0 Å². The number of amides is 1. The summed E-state index contributed by atoms with van der Waals surface area (Å²) in [6, 6.07) is 17.4. The number of para-hydroxylation sites is 1. The molecule has 0 aliphatic carbocycles. The van der Waals surface area contributed by atoms with Gasteiger partial charge in [-0.1, -0.05) is 57.2 Å². The van der Waals surface area contributed by atoms with Crippen molar-refractivity contribution in [2.75, 3.05) is 18.8 Å². The molecule has 2 unspecified atom stereocenters. The summed E-state index contributed by atoms with van der Waals surface area (Å²) >= 11 is 0. The van der Waals surface area contributed by atoms with Crippen molar-refractivity contribution in [1.82, 2.24) is 10.4 Å². The molecule has 1 aliphatic heterocycles. The van der Waals surface area contributed by atoms with Crippen LogP contribution >= 0.6 is 0 Å². The molecule has 0 aromatic heterocycles. The smallest absolute Gasteiger partial charge is 0.274 e. The molecule has 1 fully saturated rings. The number of benzene rings is 2. The van der Waals surface area contributed by atoms with Crippen LogP contribution in [0.1, 0.15) is 62.0 Å². The number of nitrogens with zero attached hydrogens (tertiary/aromatic N) is 1. The number of carbonyl (C=O) groups is 1. The normalized spacial score (nSPS) is 20.8. The Hall–Kier alpha value is -2.37. The molecule has 29 heavy (non-hydrogen) atoms. The van der Waals surface area contributed by atoms with E-state index in [4.69, 9.17) is 10.6 Å². The quantitative estimate of drug-likeness (QED) is 0.575. The molecule has 1 amide bonds. The van der Waals surface area contributed by atoms with E-state index in [0.717, 1.165) is 43.6 Å². The minimum atomic E-state index is -0.211. The lowest BCUT2D eigenvalue weighted by Crippen LogP contribution is -2.37. The van der Waals surface area contributed by atoms with E-state index in [-0.39, 0.29) is 23.5 Å². The number of nitrogen functional groups attached to an aromatic ring is 1. The first-order chi connectivity index (χ1) is 13.8. The molecule has 2 aromatic carbocycles. The number of hydrogen-bond donors (Lipinski definition) is 2. The Balaban J connectivity index is 1.74. The van der Waals surface area contributed by atoms with Crippen LogP contribution in [0.4, 0.5) is 5.69 Å². The van der Waals surface area contributed by atoms with E-state index in [1.165, 1.54) is 0 Å². The van der Waals surface area contributed by atoms with E-state index in [1.807, 2.05) is 36.4 Å². The molecule has 2 atom stereocenters. The zero-order valence-corrected chi connectivity index (χ0v) is 17.7. The zero-order valence-electron chi connectivity index (χ0n) is 17.7. The van der Waals surface area contributed by atoms with E-state index in [1.54, 1.807) is 12.1 Å². The molecule has 0 saturated carbocycles. The predicted molar refractivity (Wildman–Crippen MR) is 117 cm³/mol. The fourth-order valence-electron chi connectivity index (χ4n) is 4.02. The summed E-state index contributed by atoms with van der Waals surface area (Å²) in [6.45, 7) is 8.75. The van der Waals surface area contributed by atoms with Gasteiger partial charge in [0.15, 0.2) is 0 Å². The van der Waals surface area contributed by atoms with Gasteiger partial charge in [-0.25, -0.2) is 5.48 Å². The molecule has 1 heterocycles. The molecule has 5 nitrogen and oxygen atoms in total. The van der Waals surface area contributed by atoms with E-state index in [0.29, 0.717) is 5.56 Å². The number of carbonyl (C=O) groups excluding carboxylic acids is 1. The van der Waals surface area contributed by atoms with Crippen LogP contribution in [-0.2, 0) is 4.84 Å². The van der Waals surface area contributed by atoms with E-state index >= 15 is 0 Å². The van der Waals surface area contributed by atoms with Gasteiger partial charge in [0.25, 0.3) is 5.91 Å². The van der Waals surface area contributed by atoms with E-state index < -0.39 is 0 Å². The first kappa shape index (κ1) is 21.3. The molecule has 0 spiro atoms. The molecule has 156 valence electrons. The van der Waals surface area contributed by atoms with Crippen molar-refractivity contribution < 1.29 is 9.63 Å². The van der Waals surface area contributed by atoms with E-state index in [2.05, 4.69) is 37.2 Å². The summed E-state index contributed by atoms with van der Waals surface area (Å²) in [5, 5.41) is 0. The fourth-order valence-corrected chi connectivity index (χ4v) is 4.02. The number of nitrogens with one attached hydrogen (secondary N) is 1. The van der Waals surface area contributed by atoms with Gasteiger partial charge in [0.2, 0.25) is 0 Å². The third-order valence-electron chi connectivity index (χ3n) is 5.29. The summed E-state index contributed by atoms with van der Waals surface area (Å²) in [4.78, 5) is 20.8. The Morgan fingerprint density at radius 2 is 1.83 bits per heavy atom. The van der Waals surface area contributed by atoms with Crippen LogP contribution in [0, 0.1) is 5.41 Å². The van der Waals surface area contributed by atoms with Gasteiger partial charge in [-0.3, -0.25) is 14.5 Å². The molecule has 1 aliphatic rings. The van der Waals surface area contributed by atoms with Gasteiger partial charge in [-0.15, -0.1) is 0 Å². The van der Waals surface area contributed by atoms with Crippen molar-refractivity contribution in [2.24, 2.45) is 5.41 Å². The first-order valence-corrected chi connectivity index (χ1v) is 10.4. The second kappa shape index (κ2) is 9.42. The van der Waals surface area contributed by atoms with Crippen LogP contribution in [0.5, 0.6) is 0 Å². The van der Waals surface area contributed by atoms with Crippen LogP contribution < -0.4 is 11.2 Å². The number of hydrogen-bond acceptors (Lipinski definition) is 4. The second-order valence-electron chi connectivity index (χ2n) is 9.09. The Labute approximate surface area is 174 Å². The standard InChI is InChI=1S/C24H33N3O2/c1-24(2,3)17-27-15-9-12-19(16-22(27)20-13-7-8-14-21(20)25)29-26-23(28)18-10-5-4-6-11-18/h4-8,10-11,13-14,19,22H,9,12,15-17,25H2,1-3H3,(H,26,28). The van der Waals surface area contributed by atoms with Gasteiger partial charge < -0.3 is 5.73 Å². The molecular formula is C24H33N3O2. The Morgan fingerprint density at radius 3 is 2.52 bits per heavy atom. The highest BCUT2D eigenvalue weighted by Crippen LogP contribution is 2.36. The van der Waals surface area contributed by atoms with Crippen molar-refractivity contribution in [1.29, 1.82) is 0 Å². The minimum absolute atomic E-state index is 0.0581. The van der Waals surface area contributed by atoms with Crippen molar-refractivity contribution in [3.8, 4) is 0 Å². The highest BCUT2D eigenvalue weighted by Gasteiger charge is 2.31. The molecule has 2 aromatic rings. The number of rotatable bonds is 5. The van der Waals surface area contributed by atoms with Gasteiger partial charge in [0.05, 0.1) is 6.10 Å². The highest BCUT2D eigenvalue weighted by molar-refractivity contribution is 5.93. The van der Waals surface area contributed by atoms with Crippen LogP contribution in [0.3, 0.4) is 0 Å². The number of anilines is 1. The SMILES string of the molecule is CC(C)(C)CN1CCCC(ONC(=O)c2ccccc2)CC1c1ccccc1N. The molecule has 0 radical (unpaired) electrons. The highest BCUT2D eigenvalue weighted by atomic mass is 16.7. The average molecular weight is 396 g/mol. The van der Waals surface area contributed by atoms with Gasteiger partial charge >= 0.3 is 0 Å². The van der Waals surface area contributed by atoms with Crippen LogP contribution in [0.15, 0.2) is 54.6 Å². The topological polar surface area (TPSA) is 67.6 Å². The monoisotopic (exact) mass is 395 g/mol. The molecule has 1 saturated heterocycles. The second-order valence-corrected chi connectivity index (χ2v) is 9.09. The maximum atomic E-state index is 12.4. The minimum Gasteiger partial charge on any atom is -0.398 e. The summed E-state index contributed by atoms with van der Waals surface area (Å²) < 4.78 is 0. The molecular weight excluding hydrogens is 362 g/mol. The van der Waals surface area contributed by atoms with Gasteiger partial charge in [-0.2, -0.15) is 0 Å². The van der Waals surface area contributed by atoms with Crippen LogP contribution in [0.2, 0.25) is 0 Å². The summed E-state index contributed by atoms with van der Waals surface area (Å²) in [5.41, 5.74) is 11.7.